The molecule has 7 heteroatoms. The molecule has 0 amide bonds. The van der Waals surface area contributed by atoms with Gasteiger partial charge in [-0.25, -0.2) is 8.42 Å². The van der Waals surface area contributed by atoms with Crippen molar-refractivity contribution >= 4 is 27.0 Å². The summed E-state index contributed by atoms with van der Waals surface area (Å²) < 4.78 is 25.8. The van der Waals surface area contributed by atoms with E-state index in [0.717, 1.165) is 24.2 Å². The Bertz CT molecular complexity index is 542. The van der Waals surface area contributed by atoms with Gasteiger partial charge in [-0.05, 0) is 24.8 Å². The van der Waals surface area contributed by atoms with Crippen LogP contribution in [0, 0.1) is 5.92 Å². The number of β-amino-alcohol motifs (C(OH)–C–C–N with tert-alkyl or cyclic N) is 1. The van der Waals surface area contributed by atoms with Crippen LogP contribution in [0.4, 0.5) is 5.69 Å². The fourth-order valence-electron chi connectivity index (χ4n) is 2.21. The summed E-state index contributed by atoms with van der Waals surface area (Å²) in [5.41, 5.74) is 5.21. The Labute approximate surface area is 104 Å². The normalized spacial score (nSPS) is 24.5. The molecule has 0 unspecified atom stereocenters. The summed E-state index contributed by atoms with van der Waals surface area (Å²) in [6.07, 6.45) is 2.02. The Kier molecular flexibility index (Phi) is 2.32. The highest BCUT2D eigenvalue weighted by molar-refractivity contribution is 7.91. The largest absolute Gasteiger partial charge is 0.398 e. The van der Waals surface area contributed by atoms with Gasteiger partial charge in [0.15, 0.2) is 0 Å². The fraction of sp³-hybridized carbons (Fsp3) is 0.600. The zero-order chi connectivity index (χ0) is 12.3. The molecular weight excluding hydrogens is 260 g/mol. The summed E-state index contributed by atoms with van der Waals surface area (Å²) in [7, 11) is -3.45. The van der Waals surface area contributed by atoms with Gasteiger partial charge in [0.05, 0.1) is 5.60 Å². The molecule has 0 spiro atoms. The van der Waals surface area contributed by atoms with Crippen molar-refractivity contribution in [1.29, 1.82) is 0 Å². The molecule has 3 N–H and O–H groups in total. The number of hydrogen-bond donors (Lipinski definition) is 2. The van der Waals surface area contributed by atoms with Gasteiger partial charge in [-0.2, -0.15) is 4.31 Å². The topological polar surface area (TPSA) is 83.6 Å². The third-order valence-electron chi connectivity index (χ3n) is 3.43. The molecule has 17 heavy (non-hydrogen) atoms. The zero-order valence-electron chi connectivity index (χ0n) is 9.17. The van der Waals surface area contributed by atoms with E-state index in [4.69, 9.17) is 5.73 Å². The average Bonchev–Trinajstić information content (AvgIpc) is 2.97. The quantitative estimate of drug-likeness (QED) is 0.839. The van der Waals surface area contributed by atoms with Crippen LogP contribution in [0.15, 0.2) is 15.7 Å². The minimum atomic E-state index is -3.45. The number of rotatable bonds is 3. The van der Waals surface area contributed by atoms with Gasteiger partial charge in [0, 0.05) is 24.2 Å². The van der Waals surface area contributed by atoms with Crippen LogP contribution in [0.25, 0.3) is 0 Å². The van der Waals surface area contributed by atoms with E-state index in [9.17, 15) is 13.5 Å². The Morgan fingerprint density at radius 2 is 2.12 bits per heavy atom. The number of nitrogens with zero attached hydrogens (tertiary/aromatic N) is 1. The molecule has 0 aromatic carbocycles. The van der Waals surface area contributed by atoms with Crippen LogP contribution in [0.3, 0.4) is 0 Å². The molecule has 2 fully saturated rings. The van der Waals surface area contributed by atoms with Crippen LogP contribution < -0.4 is 5.73 Å². The van der Waals surface area contributed by atoms with Gasteiger partial charge in [0.1, 0.15) is 4.21 Å². The van der Waals surface area contributed by atoms with Crippen molar-refractivity contribution in [3.8, 4) is 0 Å². The molecule has 94 valence electrons. The number of sulfonamides is 1. The predicted octanol–water partition coefficient (Wildman–Crippen LogP) is 0.476. The summed E-state index contributed by atoms with van der Waals surface area (Å²) in [5.74, 6) is 0.294. The summed E-state index contributed by atoms with van der Waals surface area (Å²) in [6, 6.07) is 1.47. The fourth-order valence-corrected chi connectivity index (χ4v) is 5.00. The lowest BCUT2D eigenvalue weighted by Gasteiger charge is -2.45. The maximum Gasteiger partial charge on any atom is 0.252 e. The highest BCUT2D eigenvalue weighted by Crippen LogP contribution is 2.46. The highest BCUT2D eigenvalue weighted by Gasteiger charge is 2.55. The molecular formula is C10H14N2O3S2. The molecule has 0 radical (unpaired) electrons. The molecule has 1 aromatic heterocycles. The van der Waals surface area contributed by atoms with Crippen LogP contribution in [0.1, 0.15) is 12.8 Å². The van der Waals surface area contributed by atoms with E-state index in [2.05, 4.69) is 0 Å². The molecule has 2 aliphatic rings. The molecule has 0 atom stereocenters. The number of anilines is 1. The maximum absolute atomic E-state index is 12.1. The second-order valence-electron chi connectivity index (χ2n) is 4.85. The van der Waals surface area contributed by atoms with E-state index in [0.29, 0.717) is 11.6 Å². The summed E-state index contributed by atoms with van der Waals surface area (Å²) in [4.78, 5) is 0. The van der Waals surface area contributed by atoms with Gasteiger partial charge in [-0.15, -0.1) is 11.3 Å². The Morgan fingerprint density at radius 1 is 1.47 bits per heavy atom. The van der Waals surface area contributed by atoms with Crippen LogP contribution in [0.5, 0.6) is 0 Å². The lowest BCUT2D eigenvalue weighted by atomic mass is 9.91. The molecule has 2 heterocycles. The van der Waals surface area contributed by atoms with Gasteiger partial charge in [0.25, 0.3) is 10.0 Å². The van der Waals surface area contributed by atoms with Crippen molar-refractivity contribution in [3.63, 3.8) is 0 Å². The number of aliphatic hydroxyl groups is 1. The number of nitrogens with two attached hydrogens (primary N) is 1. The van der Waals surface area contributed by atoms with Crippen LogP contribution in [0.2, 0.25) is 0 Å². The van der Waals surface area contributed by atoms with Gasteiger partial charge in [0.2, 0.25) is 0 Å². The molecule has 1 aromatic rings. The lowest BCUT2D eigenvalue weighted by molar-refractivity contribution is -0.0764. The number of hydrogen-bond acceptors (Lipinski definition) is 5. The van der Waals surface area contributed by atoms with Crippen molar-refractivity contribution < 1.29 is 13.5 Å². The minimum Gasteiger partial charge on any atom is -0.398 e. The smallest absolute Gasteiger partial charge is 0.252 e. The molecule has 1 aliphatic heterocycles. The minimum absolute atomic E-state index is 0.220. The first-order valence-corrected chi connectivity index (χ1v) is 7.80. The van der Waals surface area contributed by atoms with Crippen LogP contribution in [-0.4, -0.2) is 36.5 Å². The van der Waals surface area contributed by atoms with E-state index in [1.54, 1.807) is 5.38 Å². The van der Waals surface area contributed by atoms with E-state index < -0.39 is 15.6 Å². The van der Waals surface area contributed by atoms with Gasteiger partial charge >= 0.3 is 0 Å². The predicted molar refractivity (Wildman–Crippen MR) is 65.2 cm³/mol. The van der Waals surface area contributed by atoms with Crippen LogP contribution in [-0.2, 0) is 10.0 Å². The van der Waals surface area contributed by atoms with Crippen molar-refractivity contribution in [2.24, 2.45) is 5.92 Å². The van der Waals surface area contributed by atoms with E-state index in [-0.39, 0.29) is 17.3 Å². The van der Waals surface area contributed by atoms with Crippen LogP contribution >= 0.6 is 11.3 Å². The first-order valence-electron chi connectivity index (χ1n) is 5.48. The Balaban J connectivity index is 1.78. The summed E-state index contributed by atoms with van der Waals surface area (Å²) in [5, 5.41) is 11.7. The first kappa shape index (κ1) is 11.5. The molecule has 0 bridgehead atoms. The summed E-state index contributed by atoms with van der Waals surface area (Å²) >= 11 is 1.12. The standard InChI is InChI=1S/C10H14N2O3S2/c11-8-3-9(16-4-8)17(14,15)12-5-10(13,6-12)7-1-2-7/h3-4,7,13H,1-2,5-6,11H2. The lowest BCUT2D eigenvalue weighted by Crippen LogP contribution is -2.64. The molecule has 3 rings (SSSR count). The molecule has 5 nitrogen and oxygen atoms in total. The molecule has 1 saturated carbocycles. The second-order valence-corrected chi connectivity index (χ2v) is 7.93. The second kappa shape index (κ2) is 3.44. The van der Waals surface area contributed by atoms with E-state index in [1.807, 2.05) is 0 Å². The number of thiophene rings is 1. The van der Waals surface area contributed by atoms with Gasteiger partial charge < -0.3 is 10.8 Å². The molecule has 1 saturated heterocycles. The van der Waals surface area contributed by atoms with Crippen molar-refractivity contribution in [3.05, 3.63) is 11.4 Å². The van der Waals surface area contributed by atoms with Gasteiger partial charge in [-0.1, -0.05) is 0 Å². The van der Waals surface area contributed by atoms with E-state index >= 15 is 0 Å². The van der Waals surface area contributed by atoms with Crippen molar-refractivity contribution in [2.45, 2.75) is 22.7 Å². The monoisotopic (exact) mass is 274 g/mol. The first-order chi connectivity index (χ1) is 7.92. The summed E-state index contributed by atoms with van der Waals surface area (Å²) in [6.45, 7) is 0.440. The third-order valence-corrected chi connectivity index (χ3v) is 6.65. The van der Waals surface area contributed by atoms with Gasteiger partial charge in [-0.3, -0.25) is 0 Å². The average molecular weight is 274 g/mol. The maximum atomic E-state index is 12.1. The Hall–Kier alpha value is -0.630. The van der Waals surface area contributed by atoms with Crippen molar-refractivity contribution in [2.75, 3.05) is 18.8 Å². The molecule has 1 aliphatic carbocycles. The SMILES string of the molecule is Nc1csc(S(=O)(=O)N2CC(O)(C3CC3)C2)c1. The van der Waals surface area contributed by atoms with Crippen molar-refractivity contribution in [1.82, 2.24) is 4.31 Å². The third kappa shape index (κ3) is 1.77. The highest BCUT2D eigenvalue weighted by atomic mass is 32.2. The Morgan fingerprint density at radius 3 is 2.59 bits per heavy atom. The number of nitrogen functional groups attached to an aromatic ring is 1. The zero-order valence-corrected chi connectivity index (χ0v) is 10.8. The van der Waals surface area contributed by atoms with E-state index in [1.165, 1.54) is 10.4 Å².